The number of rotatable bonds is 2. The highest BCUT2D eigenvalue weighted by molar-refractivity contribution is 6.00. The van der Waals surface area contributed by atoms with Gasteiger partial charge < -0.3 is 15.7 Å². The standard InChI is InChI=1S/C16H20N4O3.ClH/c1-10-2-5-14-13(6-18-20(14)7-10)15(21)19-8-11(16(22)23)3-4-12(17)9-19;/h2,5-7,11-12H,3-4,8-9,17H2,1H3,(H,22,23);1H/t11-,12+;/m0./s1. The summed E-state index contributed by atoms with van der Waals surface area (Å²) in [6.45, 7) is 2.50. The van der Waals surface area contributed by atoms with Crippen LogP contribution in [0.4, 0.5) is 0 Å². The molecule has 0 saturated carbocycles. The van der Waals surface area contributed by atoms with E-state index in [1.165, 1.54) is 6.20 Å². The molecule has 1 aliphatic rings. The Labute approximate surface area is 145 Å². The Morgan fingerprint density at radius 3 is 2.75 bits per heavy atom. The smallest absolute Gasteiger partial charge is 0.308 e. The summed E-state index contributed by atoms with van der Waals surface area (Å²) in [6.07, 6.45) is 4.48. The molecule has 2 atom stereocenters. The van der Waals surface area contributed by atoms with Crippen LogP contribution in [-0.4, -0.2) is 50.6 Å². The molecule has 3 heterocycles. The Morgan fingerprint density at radius 2 is 2.04 bits per heavy atom. The summed E-state index contributed by atoms with van der Waals surface area (Å²) in [6, 6.07) is 3.57. The normalized spacial score (nSPS) is 21.2. The highest BCUT2D eigenvalue weighted by Crippen LogP contribution is 2.20. The van der Waals surface area contributed by atoms with E-state index >= 15 is 0 Å². The molecule has 2 aromatic rings. The van der Waals surface area contributed by atoms with Gasteiger partial charge in [0.1, 0.15) is 0 Å². The fraction of sp³-hybridized carbons (Fsp3) is 0.438. The van der Waals surface area contributed by atoms with Gasteiger partial charge in [-0.1, -0.05) is 6.07 Å². The van der Waals surface area contributed by atoms with Gasteiger partial charge in [0.2, 0.25) is 0 Å². The van der Waals surface area contributed by atoms with Crippen LogP contribution in [0.5, 0.6) is 0 Å². The number of aromatic nitrogens is 2. The molecule has 8 heteroatoms. The summed E-state index contributed by atoms with van der Waals surface area (Å²) in [5.41, 5.74) is 8.24. The lowest BCUT2D eigenvalue weighted by Gasteiger charge is -2.23. The number of carboxylic acid groups (broad SMARTS) is 1. The molecule has 1 amide bonds. The van der Waals surface area contributed by atoms with E-state index in [0.29, 0.717) is 30.5 Å². The fourth-order valence-electron chi connectivity index (χ4n) is 3.01. The van der Waals surface area contributed by atoms with Gasteiger partial charge in [0.05, 0.1) is 23.2 Å². The van der Waals surface area contributed by atoms with Crippen molar-refractivity contribution in [1.82, 2.24) is 14.5 Å². The molecular formula is C16H21ClN4O3. The first kappa shape index (κ1) is 18.2. The summed E-state index contributed by atoms with van der Waals surface area (Å²) in [4.78, 5) is 25.7. The topological polar surface area (TPSA) is 101 Å². The molecule has 3 N–H and O–H groups in total. The molecule has 1 fully saturated rings. The minimum atomic E-state index is -0.882. The lowest BCUT2D eigenvalue weighted by Crippen LogP contribution is -2.41. The number of halogens is 1. The summed E-state index contributed by atoms with van der Waals surface area (Å²) in [5.74, 6) is -1.67. The monoisotopic (exact) mass is 352 g/mol. The number of fused-ring (bicyclic) bond motifs is 1. The molecule has 0 bridgehead atoms. The zero-order chi connectivity index (χ0) is 16.6. The van der Waals surface area contributed by atoms with E-state index < -0.39 is 11.9 Å². The maximum Gasteiger partial charge on any atom is 0.308 e. The van der Waals surface area contributed by atoms with Crippen LogP contribution in [0.3, 0.4) is 0 Å². The third-order valence-electron chi connectivity index (χ3n) is 4.31. The zero-order valence-corrected chi connectivity index (χ0v) is 14.2. The Balaban J connectivity index is 0.00000208. The first-order valence-electron chi connectivity index (χ1n) is 7.67. The highest BCUT2D eigenvalue weighted by atomic mass is 35.5. The second kappa shape index (κ2) is 7.19. The van der Waals surface area contributed by atoms with Crippen LogP contribution in [0.15, 0.2) is 24.5 Å². The van der Waals surface area contributed by atoms with Crippen molar-refractivity contribution in [3.8, 4) is 0 Å². The molecule has 24 heavy (non-hydrogen) atoms. The molecule has 0 aliphatic carbocycles. The number of amides is 1. The molecular weight excluding hydrogens is 332 g/mol. The van der Waals surface area contributed by atoms with Crippen molar-refractivity contribution >= 4 is 29.8 Å². The van der Waals surface area contributed by atoms with Crippen molar-refractivity contribution in [3.05, 3.63) is 35.7 Å². The molecule has 1 saturated heterocycles. The van der Waals surface area contributed by atoms with Gasteiger partial charge in [0.25, 0.3) is 5.91 Å². The summed E-state index contributed by atoms with van der Waals surface area (Å²) in [7, 11) is 0. The maximum atomic E-state index is 12.9. The van der Waals surface area contributed by atoms with Crippen molar-refractivity contribution in [1.29, 1.82) is 0 Å². The van der Waals surface area contributed by atoms with Crippen LogP contribution in [-0.2, 0) is 4.79 Å². The molecule has 1 aliphatic heterocycles. The average molecular weight is 353 g/mol. The minimum Gasteiger partial charge on any atom is -0.481 e. The summed E-state index contributed by atoms with van der Waals surface area (Å²) in [5, 5.41) is 13.5. The van der Waals surface area contributed by atoms with E-state index in [1.54, 1.807) is 9.42 Å². The largest absolute Gasteiger partial charge is 0.481 e. The van der Waals surface area contributed by atoms with Crippen LogP contribution < -0.4 is 5.73 Å². The van der Waals surface area contributed by atoms with Crippen molar-refractivity contribution in [2.45, 2.75) is 25.8 Å². The van der Waals surface area contributed by atoms with Gasteiger partial charge in [-0.3, -0.25) is 9.59 Å². The van der Waals surface area contributed by atoms with E-state index in [2.05, 4.69) is 5.10 Å². The van der Waals surface area contributed by atoms with E-state index in [4.69, 9.17) is 5.73 Å². The average Bonchev–Trinajstić information content (AvgIpc) is 2.80. The Hall–Kier alpha value is -2.12. The van der Waals surface area contributed by atoms with Crippen molar-refractivity contribution < 1.29 is 14.7 Å². The molecule has 3 rings (SSSR count). The Bertz CT molecular complexity index is 761. The van der Waals surface area contributed by atoms with Crippen LogP contribution in [0.2, 0.25) is 0 Å². The Kier molecular flexibility index (Phi) is 5.46. The van der Waals surface area contributed by atoms with E-state index in [1.807, 2.05) is 25.3 Å². The number of pyridine rings is 1. The van der Waals surface area contributed by atoms with Crippen molar-refractivity contribution in [2.75, 3.05) is 13.1 Å². The van der Waals surface area contributed by atoms with Gasteiger partial charge in [-0.05, 0) is 31.4 Å². The molecule has 0 aromatic carbocycles. The maximum absolute atomic E-state index is 12.9. The number of carbonyl (C=O) groups is 2. The molecule has 2 aromatic heterocycles. The molecule has 0 radical (unpaired) electrons. The Morgan fingerprint density at radius 1 is 1.29 bits per heavy atom. The predicted octanol–water partition coefficient (Wildman–Crippen LogP) is 1.33. The van der Waals surface area contributed by atoms with Crippen molar-refractivity contribution in [2.24, 2.45) is 11.7 Å². The molecule has 7 nitrogen and oxygen atoms in total. The number of hydrogen-bond donors (Lipinski definition) is 2. The number of nitrogens with two attached hydrogens (primary N) is 1. The van der Waals surface area contributed by atoms with Gasteiger partial charge in [-0.2, -0.15) is 5.10 Å². The number of aliphatic carboxylic acids is 1. The number of aryl methyl sites for hydroxylation is 1. The lowest BCUT2D eigenvalue weighted by atomic mass is 10.0. The SMILES string of the molecule is Cc1ccc2c(C(=O)N3C[C@H](N)CC[C@H](C(=O)O)C3)cnn2c1.Cl. The van der Waals surface area contributed by atoms with Crippen LogP contribution in [0.25, 0.3) is 5.52 Å². The lowest BCUT2D eigenvalue weighted by molar-refractivity contribution is -0.142. The number of carboxylic acids is 1. The number of nitrogens with zero attached hydrogens (tertiary/aromatic N) is 3. The number of hydrogen-bond acceptors (Lipinski definition) is 4. The van der Waals surface area contributed by atoms with E-state index in [0.717, 1.165) is 5.56 Å². The summed E-state index contributed by atoms with van der Waals surface area (Å²) < 4.78 is 1.66. The highest BCUT2D eigenvalue weighted by Gasteiger charge is 2.30. The van der Waals surface area contributed by atoms with Gasteiger partial charge in [-0.25, -0.2) is 4.52 Å². The molecule has 0 spiro atoms. The van der Waals surface area contributed by atoms with Gasteiger partial charge in [0.15, 0.2) is 0 Å². The first-order chi connectivity index (χ1) is 11.0. The van der Waals surface area contributed by atoms with Crippen LogP contribution >= 0.6 is 12.4 Å². The van der Waals surface area contributed by atoms with Gasteiger partial charge in [0, 0.05) is 25.3 Å². The van der Waals surface area contributed by atoms with Crippen LogP contribution in [0, 0.1) is 12.8 Å². The van der Waals surface area contributed by atoms with Gasteiger partial charge >= 0.3 is 5.97 Å². The minimum absolute atomic E-state index is 0. The van der Waals surface area contributed by atoms with E-state index in [-0.39, 0.29) is 30.9 Å². The quantitative estimate of drug-likeness (QED) is 0.849. The van der Waals surface area contributed by atoms with Crippen molar-refractivity contribution in [3.63, 3.8) is 0 Å². The second-order valence-electron chi connectivity index (χ2n) is 6.18. The zero-order valence-electron chi connectivity index (χ0n) is 13.4. The molecule has 0 unspecified atom stereocenters. The molecule has 130 valence electrons. The number of likely N-dealkylation sites (tertiary alicyclic amines) is 1. The second-order valence-corrected chi connectivity index (χ2v) is 6.18. The number of carbonyl (C=O) groups excluding carboxylic acids is 1. The predicted molar refractivity (Wildman–Crippen MR) is 91.4 cm³/mol. The summed E-state index contributed by atoms with van der Waals surface area (Å²) >= 11 is 0. The first-order valence-corrected chi connectivity index (χ1v) is 7.67. The van der Waals surface area contributed by atoms with Gasteiger partial charge in [-0.15, -0.1) is 12.4 Å². The van der Waals surface area contributed by atoms with Crippen LogP contribution in [0.1, 0.15) is 28.8 Å². The fourth-order valence-corrected chi connectivity index (χ4v) is 3.01. The third-order valence-corrected chi connectivity index (χ3v) is 4.31. The third kappa shape index (κ3) is 3.52. The van der Waals surface area contributed by atoms with E-state index in [9.17, 15) is 14.7 Å².